The highest BCUT2D eigenvalue weighted by atomic mass is 19.1. The molecule has 1 heterocycles. The highest BCUT2D eigenvalue weighted by Gasteiger charge is 2.43. The van der Waals surface area contributed by atoms with Crippen LogP contribution >= 0.6 is 0 Å². The molecular formula is C36H46F3NO6. The molecule has 0 radical (unpaired) electrons. The number of carbonyl (C=O) groups is 2. The average molecular weight is 646 g/mol. The number of halogens is 3. The van der Waals surface area contributed by atoms with Crippen LogP contribution in [0.4, 0.5) is 13.2 Å². The second-order valence-electron chi connectivity index (χ2n) is 12.5. The highest BCUT2D eigenvalue weighted by Crippen LogP contribution is 2.50. The number of hydrogen-bond acceptors (Lipinski definition) is 7. The van der Waals surface area contributed by atoms with Crippen molar-refractivity contribution in [1.29, 1.82) is 0 Å². The molecule has 0 bridgehead atoms. The van der Waals surface area contributed by atoms with Crippen molar-refractivity contribution < 1.29 is 41.7 Å². The Hall–Kier alpha value is -3.05. The van der Waals surface area contributed by atoms with Crippen molar-refractivity contribution in [3.8, 4) is 0 Å². The molecule has 2 atom stereocenters. The van der Waals surface area contributed by atoms with E-state index in [0.717, 1.165) is 34.4 Å². The number of carbonyl (C=O) groups excluding carboxylic acids is 2. The number of fused-ring (bicyclic) bond motifs is 2. The first-order valence-electron chi connectivity index (χ1n) is 16.2. The fourth-order valence-electron chi connectivity index (χ4n) is 6.28. The number of alkyl halides is 1. The van der Waals surface area contributed by atoms with Crippen LogP contribution in [-0.2, 0) is 30.2 Å². The van der Waals surface area contributed by atoms with Gasteiger partial charge < -0.3 is 18.9 Å². The fourth-order valence-corrected chi connectivity index (χ4v) is 6.28. The number of rotatable bonds is 18. The molecule has 4 rings (SSSR count). The van der Waals surface area contributed by atoms with Gasteiger partial charge in [0.2, 0.25) is 0 Å². The van der Waals surface area contributed by atoms with E-state index in [4.69, 9.17) is 18.9 Å². The van der Waals surface area contributed by atoms with Gasteiger partial charge in [0.05, 0.1) is 39.1 Å². The maximum atomic E-state index is 15.9. The molecule has 1 aliphatic carbocycles. The van der Waals surface area contributed by atoms with Crippen LogP contribution in [0.1, 0.15) is 86.5 Å². The standard InChI is InChI=1S/C36H46F3NO6/c1-5-46-33(42)22-45-17-16-44-15-14-43-13-9-8-12-32(41)26-20-30(37)34(31(38)21-26)35-29-19-25-10-6-7-11-27(25)28(29)18-24(2)40(35)23-36(3,4)39/h6-7,10-11,20-21,24,35H,5,8-9,12-19,22-23H2,1-4H3/t24-,35+/m1/s1. The third-order valence-electron chi connectivity index (χ3n) is 8.28. The van der Waals surface area contributed by atoms with Crippen molar-refractivity contribution >= 4 is 17.3 Å². The van der Waals surface area contributed by atoms with Gasteiger partial charge in [-0.1, -0.05) is 24.3 Å². The van der Waals surface area contributed by atoms with Crippen LogP contribution in [0, 0.1) is 11.6 Å². The Morgan fingerprint density at radius 1 is 0.957 bits per heavy atom. The maximum Gasteiger partial charge on any atom is 0.332 e. The van der Waals surface area contributed by atoms with E-state index in [9.17, 15) is 9.59 Å². The fraction of sp³-hybridized carbons (Fsp3) is 0.556. The molecule has 10 heteroatoms. The number of unbranched alkanes of at least 4 members (excludes halogenated alkanes) is 1. The van der Waals surface area contributed by atoms with E-state index in [2.05, 4.69) is 0 Å². The van der Waals surface area contributed by atoms with Crippen molar-refractivity contribution in [3.05, 3.63) is 75.9 Å². The van der Waals surface area contributed by atoms with Crippen molar-refractivity contribution in [3.63, 3.8) is 0 Å². The molecule has 0 amide bonds. The Morgan fingerprint density at radius 3 is 2.28 bits per heavy atom. The average Bonchev–Trinajstić information content (AvgIpc) is 3.36. The molecule has 2 aromatic rings. The molecule has 1 aliphatic heterocycles. The summed E-state index contributed by atoms with van der Waals surface area (Å²) in [5.74, 6) is -2.34. The summed E-state index contributed by atoms with van der Waals surface area (Å²) in [6, 6.07) is 9.33. The molecule has 2 aliphatic rings. The molecule has 0 spiro atoms. The summed E-state index contributed by atoms with van der Waals surface area (Å²) < 4.78 is 67.6. The van der Waals surface area contributed by atoms with Crippen molar-refractivity contribution in [2.75, 3.05) is 52.8 Å². The maximum absolute atomic E-state index is 15.9. The first kappa shape index (κ1) is 35.8. The van der Waals surface area contributed by atoms with Gasteiger partial charge in [-0.15, -0.1) is 0 Å². The predicted octanol–water partition coefficient (Wildman–Crippen LogP) is 6.82. The number of nitrogens with zero attached hydrogens (tertiary/aromatic N) is 1. The Kier molecular flexibility index (Phi) is 13.0. The van der Waals surface area contributed by atoms with E-state index in [0.29, 0.717) is 58.7 Å². The molecule has 252 valence electrons. The SMILES string of the molecule is CCOC(=O)COCCOCCOCCCCC(=O)c1cc(F)c([C@@H]2C3=C(C[C@@H](C)N2CC(C)(C)F)c2ccccc2C3)c(F)c1. The number of hydrogen-bond donors (Lipinski definition) is 0. The number of benzene rings is 2. The summed E-state index contributed by atoms with van der Waals surface area (Å²) in [6.45, 7) is 8.60. The second-order valence-corrected chi connectivity index (χ2v) is 12.5. The lowest BCUT2D eigenvalue weighted by Gasteiger charge is -2.44. The zero-order chi connectivity index (χ0) is 33.3. The predicted molar refractivity (Wildman–Crippen MR) is 169 cm³/mol. The Bertz CT molecular complexity index is 1370. The third-order valence-corrected chi connectivity index (χ3v) is 8.28. The molecule has 46 heavy (non-hydrogen) atoms. The lowest BCUT2D eigenvalue weighted by molar-refractivity contribution is -0.149. The molecule has 0 aromatic heterocycles. The lowest BCUT2D eigenvalue weighted by Crippen LogP contribution is -2.47. The zero-order valence-corrected chi connectivity index (χ0v) is 27.3. The third kappa shape index (κ3) is 9.50. The normalized spacial score (nSPS) is 18.1. The van der Waals surface area contributed by atoms with Crippen LogP contribution in [0.25, 0.3) is 5.57 Å². The lowest BCUT2D eigenvalue weighted by atomic mass is 9.83. The first-order valence-corrected chi connectivity index (χ1v) is 16.2. The van der Waals surface area contributed by atoms with Gasteiger partial charge in [-0.05, 0) is 87.8 Å². The van der Waals surface area contributed by atoms with Crippen molar-refractivity contribution in [2.24, 2.45) is 0 Å². The number of ketones is 1. The summed E-state index contributed by atoms with van der Waals surface area (Å²) in [5.41, 5.74) is 2.46. The molecule has 0 saturated heterocycles. The second kappa shape index (κ2) is 16.7. The minimum absolute atomic E-state index is 0.0108. The minimum atomic E-state index is -1.57. The summed E-state index contributed by atoms with van der Waals surface area (Å²) >= 11 is 0. The largest absolute Gasteiger partial charge is 0.464 e. The topological polar surface area (TPSA) is 74.3 Å². The number of Topliss-reactive ketones (excluding diaryl/α,β-unsaturated/α-hetero) is 1. The van der Waals surface area contributed by atoms with Gasteiger partial charge in [0, 0.05) is 36.7 Å². The van der Waals surface area contributed by atoms with Gasteiger partial charge in [-0.3, -0.25) is 9.69 Å². The molecular weight excluding hydrogens is 599 g/mol. The summed E-state index contributed by atoms with van der Waals surface area (Å²) in [4.78, 5) is 26.0. The van der Waals surface area contributed by atoms with Gasteiger partial charge in [0.1, 0.15) is 23.9 Å². The Morgan fingerprint density at radius 2 is 1.61 bits per heavy atom. The van der Waals surface area contributed by atoms with Crippen LogP contribution in [-0.4, -0.2) is 81.2 Å². The molecule has 0 N–H and O–H groups in total. The van der Waals surface area contributed by atoms with Crippen molar-refractivity contribution in [1.82, 2.24) is 4.90 Å². The summed E-state index contributed by atoms with van der Waals surface area (Å²) in [5, 5.41) is 0. The van der Waals surface area contributed by atoms with E-state index >= 15 is 13.2 Å². The van der Waals surface area contributed by atoms with Gasteiger partial charge in [0.15, 0.2) is 5.78 Å². The van der Waals surface area contributed by atoms with Crippen LogP contribution in [0.2, 0.25) is 0 Å². The summed E-state index contributed by atoms with van der Waals surface area (Å²) in [7, 11) is 0. The Labute approximate surface area is 270 Å². The van der Waals surface area contributed by atoms with Crippen LogP contribution in [0.3, 0.4) is 0 Å². The molecule has 0 fully saturated rings. The van der Waals surface area contributed by atoms with E-state index in [1.165, 1.54) is 13.8 Å². The summed E-state index contributed by atoms with van der Waals surface area (Å²) in [6.07, 6.45) is 2.45. The van der Waals surface area contributed by atoms with Gasteiger partial charge >= 0.3 is 5.97 Å². The van der Waals surface area contributed by atoms with Gasteiger partial charge in [-0.2, -0.15) is 0 Å². The van der Waals surface area contributed by atoms with Crippen LogP contribution in [0.5, 0.6) is 0 Å². The first-order chi connectivity index (χ1) is 22.0. The molecule has 7 nitrogen and oxygen atoms in total. The minimum Gasteiger partial charge on any atom is -0.464 e. The quantitative estimate of drug-likeness (QED) is 0.100. The van der Waals surface area contributed by atoms with Crippen molar-refractivity contribution in [2.45, 2.75) is 77.6 Å². The molecule has 0 unspecified atom stereocenters. The molecule has 2 aromatic carbocycles. The van der Waals surface area contributed by atoms with E-state index < -0.39 is 29.3 Å². The Balaban J connectivity index is 1.30. The highest BCUT2D eigenvalue weighted by molar-refractivity contribution is 5.96. The zero-order valence-electron chi connectivity index (χ0n) is 27.3. The van der Waals surface area contributed by atoms with E-state index in [-0.39, 0.29) is 49.1 Å². The molecule has 0 saturated carbocycles. The van der Waals surface area contributed by atoms with Gasteiger partial charge in [-0.25, -0.2) is 18.0 Å². The van der Waals surface area contributed by atoms with Crippen LogP contribution < -0.4 is 0 Å². The van der Waals surface area contributed by atoms with Gasteiger partial charge in [0.25, 0.3) is 0 Å². The van der Waals surface area contributed by atoms with E-state index in [1.807, 2.05) is 36.1 Å². The monoisotopic (exact) mass is 645 g/mol. The smallest absolute Gasteiger partial charge is 0.332 e. The van der Waals surface area contributed by atoms with Crippen LogP contribution in [0.15, 0.2) is 42.0 Å². The number of ether oxygens (including phenoxy) is 4. The number of esters is 1. The van der Waals surface area contributed by atoms with E-state index in [1.54, 1.807) is 6.92 Å².